The SMILES string of the molecule is c1cc(-c2ccc(-c3nnc(-c4ccc(-c5ccoc5)cc4)s3)cc2)co1. The standard InChI is InChI=1S/C22H14N2O2S/c1-5-17(6-2-15(1)19-9-11-25-13-19)21-23-24-22(27-21)18-7-3-16(4-8-18)20-10-12-26-14-20/h1-14H. The van der Waals surface area contributed by atoms with Crippen molar-refractivity contribution in [2.75, 3.05) is 0 Å². The van der Waals surface area contributed by atoms with E-state index in [2.05, 4.69) is 58.7 Å². The minimum atomic E-state index is 0.905. The summed E-state index contributed by atoms with van der Waals surface area (Å²) in [5, 5.41) is 10.5. The number of hydrogen-bond donors (Lipinski definition) is 0. The van der Waals surface area contributed by atoms with E-state index in [0.717, 1.165) is 43.4 Å². The monoisotopic (exact) mass is 370 g/mol. The fourth-order valence-electron chi connectivity index (χ4n) is 2.92. The topological polar surface area (TPSA) is 52.1 Å². The molecule has 0 N–H and O–H groups in total. The Kier molecular flexibility index (Phi) is 3.92. The normalized spacial score (nSPS) is 11.0. The van der Waals surface area contributed by atoms with Crippen molar-refractivity contribution >= 4 is 11.3 Å². The number of benzene rings is 2. The fraction of sp³-hybridized carbons (Fsp3) is 0. The molecule has 5 heteroatoms. The molecule has 5 rings (SSSR count). The zero-order valence-electron chi connectivity index (χ0n) is 14.2. The van der Waals surface area contributed by atoms with E-state index in [0.29, 0.717) is 0 Å². The first kappa shape index (κ1) is 15.8. The summed E-state index contributed by atoms with van der Waals surface area (Å²) in [6.45, 7) is 0. The number of nitrogens with zero attached hydrogens (tertiary/aromatic N) is 2. The van der Waals surface area contributed by atoms with Gasteiger partial charge in [0.25, 0.3) is 0 Å². The second-order valence-corrected chi connectivity index (χ2v) is 7.07. The van der Waals surface area contributed by atoms with Crippen molar-refractivity contribution in [3.05, 3.63) is 85.7 Å². The molecule has 0 aliphatic heterocycles. The van der Waals surface area contributed by atoms with Crippen LogP contribution in [0.3, 0.4) is 0 Å². The predicted octanol–water partition coefficient (Wildman–Crippen LogP) is 6.39. The zero-order chi connectivity index (χ0) is 18.1. The molecule has 2 aromatic carbocycles. The molecule has 0 bridgehead atoms. The van der Waals surface area contributed by atoms with Gasteiger partial charge in [-0.25, -0.2) is 0 Å². The lowest BCUT2D eigenvalue weighted by Gasteiger charge is -2.00. The molecule has 0 unspecified atom stereocenters. The molecule has 3 heterocycles. The molecule has 0 atom stereocenters. The van der Waals surface area contributed by atoms with Gasteiger partial charge in [-0.05, 0) is 23.3 Å². The van der Waals surface area contributed by atoms with E-state index in [4.69, 9.17) is 8.83 Å². The smallest absolute Gasteiger partial charge is 0.148 e. The third kappa shape index (κ3) is 3.09. The highest BCUT2D eigenvalue weighted by molar-refractivity contribution is 7.17. The Morgan fingerprint density at radius 3 is 1.26 bits per heavy atom. The van der Waals surface area contributed by atoms with E-state index < -0.39 is 0 Å². The Bertz CT molecular complexity index is 1050. The highest BCUT2D eigenvalue weighted by atomic mass is 32.1. The predicted molar refractivity (Wildman–Crippen MR) is 106 cm³/mol. The van der Waals surface area contributed by atoms with Crippen LogP contribution in [0.4, 0.5) is 0 Å². The van der Waals surface area contributed by atoms with Crippen molar-refractivity contribution in [2.24, 2.45) is 0 Å². The number of aromatic nitrogens is 2. The zero-order valence-corrected chi connectivity index (χ0v) is 15.0. The van der Waals surface area contributed by atoms with E-state index in [1.54, 1.807) is 36.4 Å². The number of hydrogen-bond acceptors (Lipinski definition) is 5. The molecule has 0 amide bonds. The Balaban J connectivity index is 1.39. The van der Waals surface area contributed by atoms with Crippen LogP contribution >= 0.6 is 11.3 Å². The minimum absolute atomic E-state index is 0.905. The summed E-state index contributed by atoms with van der Waals surface area (Å²) in [5.74, 6) is 0. The molecule has 3 aromatic heterocycles. The van der Waals surface area contributed by atoms with Crippen LogP contribution in [-0.4, -0.2) is 10.2 Å². The average Bonchev–Trinajstić information content (AvgIpc) is 3.51. The van der Waals surface area contributed by atoms with Gasteiger partial charge in [0.05, 0.1) is 25.1 Å². The van der Waals surface area contributed by atoms with Gasteiger partial charge in [0.1, 0.15) is 10.0 Å². The summed E-state index contributed by atoms with van der Waals surface area (Å²) in [6.07, 6.45) is 6.84. The maximum absolute atomic E-state index is 5.14. The van der Waals surface area contributed by atoms with Crippen molar-refractivity contribution in [3.63, 3.8) is 0 Å². The molecule has 0 spiro atoms. The second-order valence-electron chi connectivity index (χ2n) is 6.09. The van der Waals surface area contributed by atoms with Gasteiger partial charge in [0, 0.05) is 22.3 Å². The Morgan fingerprint density at radius 2 is 0.889 bits per heavy atom. The first-order chi connectivity index (χ1) is 13.4. The lowest BCUT2D eigenvalue weighted by molar-refractivity contribution is 0.568. The molecule has 4 nitrogen and oxygen atoms in total. The summed E-state index contributed by atoms with van der Waals surface area (Å²) < 4.78 is 10.3. The van der Waals surface area contributed by atoms with Crippen LogP contribution in [0.15, 0.2) is 94.6 Å². The summed E-state index contributed by atoms with van der Waals surface area (Å²) in [5.41, 5.74) is 6.48. The molecule has 130 valence electrons. The van der Waals surface area contributed by atoms with Gasteiger partial charge in [-0.2, -0.15) is 0 Å². The summed E-state index contributed by atoms with van der Waals surface area (Å²) in [4.78, 5) is 0. The van der Waals surface area contributed by atoms with Gasteiger partial charge in [0.2, 0.25) is 0 Å². The fourth-order valence-corrected chi connectivity index (χ4v) is 3.78. The van der Waals surface area contributed by atoms with Crippen LogP contribution in [0.2, 0.25) is 0 Å². The van der Waals surface area contributed by atoms with Crippen LogP contribution in [0.25, 0.3) is 43.4 Å². The maximum atomic E-state index is 5.14. The van der Waals surface area contributed by atoms with E-state index >= 15 is 0 Å². The van der Waals surface area contributed by atoms with Gasteiger partial charge in [-0.3, -0.25) is 0 Å². The van der Waals surface area contributed by atoms with Crippen molar-refractivity contribution in [2.45, 2.75) is 0 Å². The first-order valence-electron chi connectivity index (χ1n) is 8.46. The lowest BCUT2D eigenvalue weighted by atomic mass is 10.1. The van der Waals surface area contributed by atoms with E-state index in [1.807, 2.05) is 12.1 Å². The summed E-state index contributed by atoms with van der Waals surface area (Å²) in [6, 6.07) is 20.4. The highest BCUT2D eigenvalue weighted by Crippen LogP contribution is 2.32. The molecule has 0 aliphatic carbocycles. The van der Waals surface area contributed by atoms with Crippen LogP contribution in [-0.2, 0) is 0 Å². The van der Waals surface area contributed by atoms with Crippen molar-refractivity contribution in [1.29, 1.82) is 0 Å². The molecule has 27 heavy (non-hydrogen) atoms. The molecule has 0 saturated heterocycles. The maximum Gasteiger partial charge on any atom is 0.148 e. The summed E-state index contributed by atoms with van der Waals surface area (Å²) in [7, 11) is 0. The van der Waals surface area contributed by atoms with Crippen LogP contribution in [0, 0.1) is 0 Å². The number of rotatable bonds is 4. The molecule has 0 aliphatic rings. The van der Waals surface area contributed by atoms with Gasteiger partial charge in [0.15, 0.2) is 0 Å². The number of furan rings is 2. The van der Waals surface area contributed by atoms with Gasteiger partial charge in [-0.15, -0.1) is 10.2 Å². The van der Waals surface area contributed by atoms with Crippen LogP contribution in [0.1, 0.15) is 0 Å². The molecular formula is C22H14N2O2S. The van der Waals surface area contributed by atoms with E-state index in [-0.39, 0.29) is 0 Å². The molecule has 0 saturated carbocycles. The van der Waals surface area contributed by atoms with Gasteiger partial charge < -0.3 is 8.83 Å². The lowest BCUT2D eigenvalue weighted by Crippen LogP contribution is -1.79. The Labute approximate surface area is 159 Å². The third-order valence-corrected chi connectivity index (χ3v) is 5.42. The molecule has 0 fully saturated rings. The van der Waals surface area contributed by atoms with Gasteiger partial charge in [-0.1, -0.05) is 59.9 Å². The molecule has 5 aromatic rings. The van der Waals surface area contributed by atoms with Gasteiger partial charge >= 0.3 is 0 Å². The summed E-state index contributed by atoms with van der Waals surface area (Å²) >= 11 is 1.59. The van der Waals surface area contributed by atoms with Crippen LogP contribution in [0.5, 0.6) is 0 Å². The first-order valence-corrected chi connectivity index (χ1v) is 9.28. The van der Waals surface area contributed by atoms with Crippen molar-refractivity contribution < 1.29 is 8.83 Å². The largest absolute Gasteiger partial charge is 0.472 e. The Morgan fingerprint density at radius 1 is 0.481 bits per heavy atom. The Hall–Kier alpha value is -3.44. The van der Waals surface area contributed by atoms with Crippen LogP contribution < -0.4 is 0 Å². The highest BCUT2D eigenvalue weighted by Gasteiger charge is 2.10. The quantitative estimate of drug-likeness (QED) is 0.368. The van der Waals surface area contributed by atoms with E-state index in [1.165, 1.54) is 0 Å². The molecule has 0 radical (unpaired) electrons. The van der Waals surface area contributed by atoms with Crippen molar-refractivity contribution in [1.82, 2.24) is 10.2 Å². The molecular weight excluding hydrogens is 356 g/mol. The van der Waals surface area contributed by atoms with E-state index in [9.17, 15) is 0 Å². The minimum Gasteiger partial charge on any atom is -0.472 e. The average molecular weight is 370 g/mol. The third-order valence-electron chi connectivity index (χ3n) is 4.40. The second kappa shape index (κ2) is 6.70. The van der Waals surface area contributed by atoms with Crippen molar-refractivity contribution in [3.8, 4) is 43.4 Å².